The van der Waals surface area contributed by atoms with Crippen molar-refractivity contribution in [3.05, 3.63) is 27.4 Å². The number of nitrogens with one attached hydrogen (secondary N) is 2. The molecule has 100 valence electrons. The highest BCUT2D eigenvalue weighted by Gasteiger charge is 2.20. The van der Waals surface area contributed by atoms with Gasteiger partial charge in [0.15, 0.2) is 0 Å². The minimum absolute atomic E-state index is 0.0107. The first-order valence-electron chi connectivity index (χ1n) is 6.49. The average Bonchev–Trinajstić information content (AvgIpc) is 2.28. The molecule has 4 nitrogen and oxygen atoms in total. The first-order chi connectivity index (χ1) is 8.58. The lowest BCUT2D eigenvalue weighted by Gasteiger charge is -2.26. The number of aromatic nitrogens is 2. The standard InChI is InChI=1S/C13H21N3OS/c1-8-12(13(17)16-10(3)14-8)9(2)15-11-5-4-6-18-7-11/h9,11,15H,4-7H2,1-3H3,(H,14,16,17). The quantitative estimate of drug-likeness (QED) is 0.878. The fraction of sp³-hybridized carbons (Fsp3) is 0.692. The SMILES string of the molecule is Cc1nc(C)c(C(C)NC2CCCSC2)c(=O)[nH]1. The third-order valence-electron chi connectivity index (χ3n) is 3.34. The maximum atomic E-state index is 12.0. The van der Waals surface area contributed by atoms with Gasteiger partial charge in [-0.25, -0.2) is 4.98 Å². The fourth-order valence-corrected chi connectivity index (χ4v) is 3.64. The van der Waals surface area contributed by atoms with Crippen LogP contribution >= 0.6 is 11.8 Å². The minimum Gasteiger partial charge on any atom is -0.310 e. The van der Waals surface area contributed by atoms with Crippen molar-refractivity contribution in [2.75, 3.05) is 11.5 Å². The first-order valence-corrected chi connectivity index (χ1v) is 7.64. The van der Waals surface area contributed by atoms with Crippen LogP contribution < -0.4 is 10.9 Å². The second kappa shape index (κ2) is 5.89. The summed E-state index contributed by atoms with van der Waals surface area (Å²) in [6.45, 7) is 5.77. The average molecular weight is 267 g/mol. The Kier molecular flexibility index (Phi) is 4.45. The molecule has 1 aromatic heterocycles. The van der Waals surface area contributed by atoms with Crippen molar-refractivity contribution in [2.45, 2.75) is 45.7 Å². The zero-order valence-corrected chi connectivity index (χ0v) is 12.1. The highest BCUT2D eigenvalue weighted by Crippen LogP contribution is 2.20. The van der Waals surface area contributed by atoms with Gasteiger partial charge in [-0.15, -0.1) is 0 Å². The molecule has 1 aromatic rings. The number of H-pyrrole nitrogens is 1. The van der Waals surface area contributed by atoms with E-state index in [4.69, 9.17) is 0 Å². The molecular weight excluding hydrogens is 246 g/mol. The van der Waals surface area contributed by atoms with Gasteiger partial charge in [-0.05, 0) is 39.4 Å². The van der Waals surface area contributed by atoms with E-state index in [9.17, 15) is 4.79 Å². The van der Waals surface area contributed by atoms with Crippen molar-refractivity contribution < 1.29 is 0 Å². The van der Waals surface area contributed by atoms with E-state index in [1.807, 2.05) is 32.5 Å². The molecule has 0 aromatic carbocycles. The Labute approximate surface area is 112 Å². The van der Waals surface area contributed by atoms with Gasteiger partial charge in [0.2, 0.25) is 0 Å². The number of nitrogens with zero attached hydrogens (tertiary/aromatic N) is 1. The Balaban J connectivity index is 2.13. The summed E-state index contributed by atoms with van der Waals surface area (Å²) >= 11 is 1.99. The molecular formula is C13H21N3OS. The van der Waals surface area contributed by atoms with Crippen molar-refractivity contribution in [2.24, 2.45) is 0 Å². The topological polar surface area (TPSA) is 57.8 Å². The van der Waals surface area contributed by atoms with E-state index in [0.29, 0.717) is 11.9 Å². The van der Waals surface area contributed by atoms with Crippen LogP contribution in [0.1, 0.15) is 42.9 Å². The summed E-state index contributed by atoms with van der Waals surface area (Å²) in [7, 11) is 0. The number of hydrogen-bond acceptors (Lipinski definition) is 4. The van der Waals surface area contributed by atoms with Gasteiger partial charge < -0.3 is 10.3 Å². The van der Waals surface area contributed by atoms with Gasteiger partial charge in [0.25, 0.3) is 5.56 Å². The summed E-state index contributed by atoms with van der Waals surface area (Å²) in [6, 6.07) is 0.574. The molecule has 1 aliphatic heterocycles. The molecule has 0 radical (unpaired) electrons. The van der Waals surface area contributed by atoms with Gasteiger partial charge in [-0.2, -0.15) is 11.8 Å². The maximum Gasteiger partial charge on any atom is 0.255 e. The van der Waals surface area contributed by atoms with Crippen molar-refractivity contribution >= 4 is 11.8 Å². The van der Waals surface area contributed by atoms with Crippen molar-refractivity contribution in [1.29, 1.82) is 0 Å². The smallest absolute Gasteiger partial charge is 0.255 e. The fourth-order valence-electron chi connectivity index (χ4n) is 2.55. The predicted octanol–water partition coefficient (Wildman–Crippen LogP) is 1.93. The molecule has 0 saturated carbocycles. The predicted molar refractivity (Wildman–Crippen MR) is 76.2 cm³/mol. The van der Waals surface area contributed by atoms with Gasteiger partial charge in [0.05, 0.1) is 5.56 Å². The van der Waals surface area contributed by atoms with Crippen LogP contribution in [0.25, 0.3) is 0 Å². The number of rotatable bonds is 3. The van der Waals surface area contributed by atoms with Gasteiger partial charge in [-0.1, -0.05) is 0 Å². The molecule has 1 fully saturated rings. The minimum atomic E-state index is -0.0107. The molecule has 0 spiro atoms. The molecule has 2 N–H and O–H groups in total. The summed E-state index contributed by atoms with van der Waals surface area (Å²) in [6.07, 6.45) is 2.46. The molecule has 1 aliphatic rings. The highest BCUT2D eigenvalue weighted by molar-refractivity contribution is 7.99. The van der Waals surface area contributed by atoms with Crippen LogP contribution in [0.3, 0.4) is 0 Å². The lowest BCUT2D eigenvalue weighted by molar-refractivity contribution is 0.448. The Morgan fingerprint density at radius 2 is 2.28 bits per heavy atom. The summed E-state index contributed by atoms with van der Waals surface area (Å²) in [5, 5.41) is 3.56. The van der Waals surface area contributed by atoms with E-state index in [2.05, 4.69) is 15.3 Å². The zero-order chi connectivity index (χ0) is 13.1. The van der Waals surface area contributed by atoms with Gasteiger partial charge >= 0.3 is 0 Å². The normalized spacial score (nSPS) is 21.8. The maximum absolute atomic E-state index is 12.0. The Bertz CT molecular complexity index is 466. The van der Waals surface area contributed by atoms with Crippen LogP contribution in [-0.4, -0.2) is 27.5 Å². The number of hydrogen-bond donors (Lipinski definition) is 2. The molecule has 2 rings (SSSR count). The summed E-state index contributed by atoms with van der Waals surface area (Å²) in [5.41, 5.74) is 1.60. The summed E-state index contributed by atoms with van der Waals surface area (Å²) in [4.78, 5) is 19.1. The first kappa shape index (κ1) is 13.6. The second-order valence-electron chi connectivity index (χ2n) is 4.95. The van der Waals surface area contributed by atoms with Crippen LogP contribution in [0.2, 0.25) is 0 Å². The van der Waals surface area contributed by atoms with E-state index < -0.39 is 0 Å². The van der Waals surface area contributed by atoms with E-state index >= 15 is 0 Å². The lowest BCUT2D eigenvalue weighted by Crippen LogP contribution is -2.38. The Hall–Kier alpha value is -0.810. The highest BCUT2D eigenvalue weighted by atomic mass is 32.2. The van der Waals surface area contributed by atoms with Crippen LogP contribution in [0.5, 0.6) is 0 Å². The van der Waals surface area contributed by atoms with E-state index in [1.165, 1.54) is 18.6 Å². The third-order valence-corrected chi connectivity index (χ3v) is 4.56. The molecule has 2 atom stereocenters. The summed E-state index contributed by atoms with van der Waals surface area (Å²) < 4.78 is 0. The third kappa shape index (κ3) is 3.14. The number of aryl methyl sites for hydroxylation is 2. The number of thioether (sulfide) groups is 1. The lowest BCUT2D eigenvalue weighted by atomic mass is 10.1. The second-order valence-corrected chi connectivity index (χ2v) is 6.10. The van der Waals surface area contributed by atoms with Gasteiger partial charge in [0, 0.05) is 23.5 Å². The van der Waals surface area contributed by atoms with Crippen LogP contribution in [0.4, 0.5) is 0 Å². The molecule has 1 saturated heterocycles. The van der Waals surface area contributed by atoms with Crippen molar-refractivity contribution in [3.8, 4) is 0 Å². The Morgan fingerprint density at radius 3 is 2.89 bits per heavy atom. The number of aromatic amines is 1. The van der Waals surface area contributed by atoms with Crippen LogP contribution in [0.15, 0.2) is 4.79 Å². The Morgan fingerprint density at radius 1 is 1.50 bits per heavy atom. The van der Waals surface area contributed by atoms with E-state index in [0.717, 1.165) is 17.0 Å². The largest absolute Gasteiger partial charge is 0.310 e. The van der Waals surface area contributed by atoms with E-state index in [1.54, 1.807) is 0 Å². The molecule has 18 heavy (non-hydrogen) atoms. The molecule has 5 heteroatoms. The van der Waals surface area contributed by atoms with E-state index in [-0.39, 0.29) is 11.6 Å². The van der Waals surface area contributed by atoms with Gasteiger partial charge in [-0.3, -0.25) is 4.79 Å². The zero-order valence-electron chi connectivity index (χ0n) is 11.2. The van der Waals surface area contributed by atoms with Crippen molar-refractivity contribution in [3.63, 3.8) is 0 Å². The molecule has 2 unspecified atom stereocenters. The monoisotopic (exact) mass is 267 g/mol. The molecule has 2 heterocycles. The molecule has 0 bridgehead atoms. The molecule has 0 amide bonds. The van der Waals surface area contributed by atoms with Crippen LogP contribution in [0, 0.1) is 13.8 Å². The van der Waals surface area contributed by atoms with Gasteiger partial charge in [0.1, 0.15) is 5.82 Å². The molecule has 0 aliphatic carbocycles. The summed E-state index contributed by atoms with van der Waals surface area (Å²) in [5.74, 6) is 3.08. The van der Waals surface area contributed by atoms with Crippen molar-refractivity contribution in [1.82, 2.24) is 15.3 Å². The van der Waals surface area contributed by atoms with Crippen LogP contribution in [-0.2, 0) is 0 Å².